The van der Waals surface area contributed by atoms with Gasteiger partial charge in [0.15, 0.2) is 0 Å². The maximum atomic E-state index is 13.0. The molecule has 124 valence electrons. The van der Waals surface area contributed by atoms with Crippen molar-refractivity contribution < 1.29 is 9.53 Å². The van der Waals surface area contributed by atoms with Crippen LogP contribution >= 0.6 is 12.4 Å². The first-order valence-electron chi connectivity index (χ1n) is 7.77. The highest BCUT2D eigenvalue weighted by Crippen LogP contribution is 2.34. The Kier molecular flexibility index (Phi) is 5.83. The largest absolute Gasteiger partial charge is 0.383 e. The summed E-state index contributed by atoms with van der Waals surface area (Å²) in [6.07, 6.45) is 7.54. The number of methoxy groups -OCH3 is 1. The lowest BCUT2D eigenvalue weighted by Gasteiger charge is -2.37. The van der Waals surface area contributed by atoms with Crippen molar-refractivity contribution in [3.05, 3.63) is 18.5 Å². The van der Waals surface area contributed by atoms with Gasteiger partial charge in [-0.15, -0.1) is 12.4 Å². The van der Waals surface area contributed by atoms with Gasteiger partial charge in [0, 0.05) is 19.5 Å². The lowest BCUT2D eigenvalue weighted by atomic mass is 9.87. The lowest BCUT2D eigenvalue weighted by molar-refractivity contribution is -0.133. The summed E-state index contributed by atoms with van der Waals surface area (Å²) in [7, 11) is 1.69. The molecule has 1 amide bonds. The third-order valence-electron chi connectivity index (χ3n) is 4.65. The van der Waals surface area contributed by atoms with Crippen LogP contribution < -0.4 is 10.6 Å². The highest BCUT2D eigenvalue weighted by molar-refractivity contribution is 5.85. The van der Waals surface area contributed by atoms with E-state index in [1.54, 1.807) is 13.3 Å². The van der Waals surface area contributed by atoms with Gasteiger partial charge >= 0.3 is 0 Å². The maximum Gasteiger partial charge on any atom is 0.248 e. The summed E-state index contributed by atoms with van der Waals surface area (Å²) >= 11 is 0. The molecule has 2 heterocycles. The van der Waals surface area contributed by atoms with E-state index in [4.69, 9.17) is 4.74 Å². The van der Waals surface area contributed by atoms with Crippen LogP contribution in [0.5, 0.6) is 0 Å². The zero-order chi connectivity index (χ0) is 14.7. The van der Waals surface area contributed by atoms with Gasteiger partial charge in [0.05, 0.1) is 12.6 Å². The fourth-order valence-electron chi connectivity index (χ4n) is 3.20. The van der Waals surface area contributed by atoms with Gasteiger partial charge in [-0.25, -0.2) is 0 Å². The number of halogens is 1. The molecule has 2 N–H and O–H groups in total. The van der Waals surface area contributed by atoms with E-state index in [-0.39, 0.29) is 24.4 Å². The molecule has 1 atom stereocenters. The smallest absolute Gasteiger partial charge is 0.248 e. The topological polar surface area (TPSA) is 68.2 Å². The Morgan fingerprint density at radius 1 is 1.50 bits per heavy atom. The summed E-state index contributed by atoms with van der Waals surface area (Å²) in [4.78, 5) is 13.0. The molecule has 7 heteroatoms. The molecule has 6 nitrogen and oxygen atoms in total. The third kappa shape index (κ3) is 3.45. The molecule has 3 rings (SSSR count). The van der Waals surface area contributed by atoms with Crippen LogP contribution in [0.4, 0.5) is 0 Å². The van der Waals surface area contributed by atoms with Crippen LogP contribution in [0.15, 0.2) is 18.5 Å². The average Bonchev–Trinajstić information content (AvgIpc) is 3.21. The normalized spacial score (nSPS) is 21.7. The molecule has 2 aliphatic rings. The van der Waals surface area contributed by atoms with Crippen molar-refractivity contribution in [2.45, 2.75) is 37.3 Å². The summed E-state index contributed by atoms with van der Waals surface area (Å²) in [5.41, 5.74) is -0.560. The van der Waals surface area contributed by atoms with Gasteiger partial charge in [-0.1, -0.05) is 0 Å². The molecule has 1 unspecified atom stereocenters. The Hall–Kier alpha value is -1.11. The maximum absolute atomic E-state index is 13.0. The van der Waals surface area contributed by atoms with Crippen molar-refractivity contribution in [3.63, 3.8) is 0 Å². The number of rotatable bonds is 6. The molecule has 1 aromatic heterocycles. The minimum absolute atomic E-state index is 0. The SMILES string of the molecule is COCC(NC(=O)C1(n2cccn2)CCNCC1)C1CC1.Cl. The number of carbonyl (C=O) groups is 1. The second-order valence-electron chi connectivity index (χ2n) is 6.10. The molecule has 1 aromatic rings. The van der Waals surface area contributed by atoms with Crippen LogP contribution in [0.1, 0.15) is 25.7 Å². The monoisotopic (exact) mass is 328 g/mol. The molecule has 0 bridgehead atoms. The van der Waals surface area contributed by atoms with E-state index in [1.165, 1.54) is 12.8 Å². The van der Waals surface area contributed by atoms with Gasteiger partial charge in [-0.3, -0.25) is 9.48 Å². The predicted molar refractivity (Wildman–Crippen MR) is 86.1 cm³/mol. The Bertz CT molecular complexity index is 470. The highest BCUT2D eigenvalue weighted by atomic mass is 35.5. The van der Waals surface area contributed by atoms with E-state index in [0.29, 0.717) is 12.5 Å². The van der Waals surface area contributed by atoms with Crippen LogP contribution in [0, 0.1) is 5.92 Å². The molecular weight excluding hydrogens is 304 g/mol. The van der Waals surface area contributed by atoms with Crippen LogP contribution in [-0.4, -0.2) is 48.5 Å². The molecule has 1 aliphatic carbocycles. The number of piperidine rings is 1. The molecule has 1 aliphatic heterocycles. The summed E-state index contributed by atoms with van der Waals surface area (Å²) in [5.74, 6) is 0.659. The average molecular weight is 329 g/mol. The van der Waals surface area contributed by atoms with Crippen molar-refractivity contribution >= 4 is 18.3 Å². The zero-order valence-corrected chi connectivity index (χ0v) is 13.8. The van der Waals surface area contributed by atoms with Gasteiger partial charge in [0.25, 0.3) is 0 Å². The Morgan fingerprint density at radius 2 is 2.23 bits per heavy atom. The van der Waals surface area contributed by atoms with E-state index in [1.807, 2.05) is 16.9 Å². The number of hydrogen-bond donors (Lipinski definition) is 2. The fourth-order valence-corrected chi connectivity index (χ4v) is 3.20. The van der Waals surface area contributed by atoms with Crippen molar-refractivity contribution in [1.29, 1.82) is 0 Å². The highest BCUT2D eigenvalue weighted by Gasteiger charge is 2.44. The van der Waals surface area contributed by atoms with Gasteiger partial charge in [-0.05, 0) is 50.8 Å². The number of nitrogens with zero attached hydrogens (tertiary/aromatic N) is 2. The molecule has 0 radical (unpaired) electrons. The van der Waals surface area contributed by atoms with Gasteiger partial charge in [-0.2, -0.15) is 5.10 Å². The fraction of sp³-hybridized carbons (Fsp3) is 0.733. The predicted octanol–water partition coefficient (Wildman–Crippen LogP) is 0.925. The van der Waals surface area contributed by atoms with E-state index in [2.05, 4.69) is 15.7 Å². The molecular formula is C15H25ClN4O2. The summed E-state index contributed by atoms with van der Waals surface area (Å²) in [6, 6.07) is 2.01. The number of carbonyl (C=O) groups excluding carboxylic acids is 1. The molecule has 2 fully saturated rings. The summed E-state index contributed by atoms with van der Waals surface area (Å²) in [5, 5.41) is 10.9. The van der Waals surface area contributed by atoms with Crippen molar-refractivity contribution in [2.75, 3.05) is 26.8 Å². The second-order valence-corrected chi connectivity index (χ2v) is 6.10. The van der Waals surface area contributed by atoms with Crippen molar-refractivity contribution in [3.8, 4) is 0 Å². The Labute approximate surface area is 137 Å². The van der Waals surface area contributed by atoms with Crippen LogP contribution in [0.2, 0.25) is 0 Å². The quantitative estimate of drug-likeness (QED) is 0.815. The number of nitrogens with one attached hydrogen (secondary N) is 2. The first-order valence-corrected chi connectivity index (χ1v) is 7.77. The second kappa shape index (κ2) is 7.44. The first-order chi connectivity index (χ1) is 10.3. The van der Waals surface area contributed by atoms with Crippen LogP contribution in [0.25, 0.3) is 0 Å². The number of aromatic nitrogens is 2. The van der Waals surface area contributed by atoms with Gasteiger partial charge in [0.2, 0.25) is 5.91 Å². The van der Waals surface area contributed by atoms with Crippen LogP contribution in [-0.2, 0) is 15.1 Å². The molecule has 1 saturated carbocycles. The summed E-state index contributed by atoms with van der Waals surface area (Å²) in [6.45, 7) is 2.27. The Balaban J connectivity index is 0.00000176. The summed E-state index contributed by atoms with van der Waals surface area (Å²) < 4.78 is 7.10. The number of amides is 1. The van der Waals surface area contributed by atoms with Gasteiger partial charge < -0.3 is 15.4 Å². The molecule has 0 aromatic carbocycles. The Morgan fingerprint density at radius 3 is 2.77 bits per heavy atom. The molecule has 22 heavy (non-hydrogen) atoms. The molecule has 1 saturated heterocycles. The van der Waals surface area contributed by atoms with E-state index in [0.717, 1.165) is 25.9 Å². The van der Waals surface area contributed by atoms with Gasteiger partial charge in [0.1, 0.15) is 5.54 Å². The standard InChI is InChI=1S/C15H24N4O2.ClH/c1-21-11-13(12-3-4-12)18-14(20)15(5-8-16-9-6-15)19-10-2-7-17-19;/h2,7,10,12-13,16H,3-6,8-9,11H2,1H3,(H,18,20);1H. The minimum atomic E-state index is -0.560. The van der Waals surface area contributed by atoms with E-state index in [9.17, 15) is 4.79 Å². The van der Waals surface area contributed by atoms with Crippen LogP contribution in [0.3, 0.4) is 0 Å². The first kappa shape index (κ1) is 17.2. The minimum Gasteiger partial charge on any atom is -0.383 e. The van der Waals surface area contributed by atoms with E-state index >= 15 is 0 Å². The van der Waals surface area contributed by atoms with E-state index < -0.39 is 5.54 Å². The number of hydrogen-bond acceptors (Lipinski definition) is 4. The molecule has 0 spiro atoms. The zero-order valence-electron chi connectivity index (χ0n) is 13.0. The lowest BCUT2D eigenvalue weighted by Crippen LogP contribution is -2.57. The third-order valence-corrected chi connectivity index (χ3v) is 4.65. The van der Waals surface area contributed by atoms with Crippen molar-refractivity contribution in [1.82, 2.24) is 20.4 Å². The number of ether oxygens (including phenoxy) is 1. The van der Waals surface area contributed by atoms with Crippen molar-refractivity contribution in [2.24, 2.45) is 5.92 Å².